The van der Waals surface area contributed by atoms with Crippen molar-refractivity contribution in [1.29, 1.82) is 0 Å². The number of hydrogen-bond acceptors (Lipinski definition) is 6. The molecule has 1 aromatic heterocycles. The van der Waals surface area contributed by atoms with E-state index in [-0.39, 0.29) is 15.2 Å². The van der Waals surface area contributed by atoms with Crippen molar-refractivity contribution in [3.63, 3.8) is 0 Å². The van der Waals surface area contributed by atoms with Gasteiger partial charge in [0.2, 0.25) is 0 Å². The molecular weight excluding hydrogens is 387 g/mol. The van der Waals surface area contributed by atoms with Crippen molar-refractivity contribution >= 4 is 33.1 Å². The maximum Gasteiger partial charge on any atom is 0.416 e. The highest BCUT2D eigenvalue weighted by atomic mass is 32.1. The summed E-state index contributed by atoms with van der Waals surface area (Å²) in [6.45, 7) is 1.79. The Morgan fingerprint density at radius 2 is 2.07 bits per heavy atom. The first-order valence-electron chi connectivity index (χ1n) is 8.28. The molecule has 0 unspecified atom stereocenters. The van der Waals surface area contributed by atoms with Gasteiger partial charge in [0.25, 0.3) is 11.6 Å². The molecule has 1 aromatic carbocycles. The average molecular weight is 403 g/mol. The predicted octanol–water partition coefficient (Wildman–Crippen LogP) is 3.77. The van der Waals surface area contributed by atoms with E-state index in [9.17, 15) is 28.1 Å². The molecule has 0 bridgehead atoms. The molecule has 0 atom stereocenters. The zero-order valence-corrected chi connectivity index (χ0v) is 14.9. The minimum atomic E-state index is -4.74. The van der Waals surface area contributed by atoms with Crippen LogP contribution in [0.25, 0.3) is 10.2 Å². The number of nitrogens with one attached hydrogen (secondary N) is 1. The fourth-order valence-corrected chi connectivity index (χ4v) is 3.86. The molecule has 1 N–H and O–H groups in total. The summed E-state index contributed by atoms with van der Waals surface area (Å²) in [5.41, 5.74) is -2.09. The van der Waals surface area contributed by atoms with E-state index in [1.54, 1.807) is 0 Å². The Balaban J connectivity index is 1.77. The number of nitrogens with zero attached hydrogens (tertiary/aromatic N) is 2. The molecule has 0 radical (unpaired) electrons. The van der Waals surface area contributed by atoms with Crippen LogP contribution in [0.5, 0.6) is 0 Å². The molecule has 0 saturated carbocycles. The van der Waals surface area contributed by atoms with Crippen LogP contribution in [-0.2, 0) is 10.9 Å². The number of rotatable bonds is 5. The number of carbonyl (C=O) groups excluding carboxylic acids is 1. The smallest absolute Gasteiger partial charge is 0.381 e. The summed E-state index contributed by atoms with van der Waals surface area (Å²) in [7, 11) is 0. The van der Waals surface area contributed by atoms with Crippen LogP contribution >= 0.6 is 11.3 Å². The van der Waals surface area contributed by atoms with Crippen molar-refractivity contribution in [1.82, 2.24) is 10.3 Å². The van der Waals surface area contributed by atoms with E-state index < -0.39 is 28.3 Å². The van der Waals surface area contributed by atoms with Gasteiger partial charge in [-0.25, -0.2) is 4.98 Å². The van der Waals surface area contributed by atoms with Gasteiger partial charge in [0.1, 0.15) is 4.70 Å². The van der Waals surface area contributed by atoms with Crippen molar-refractivity contribution < 1.29 is 27.6 Å². The number of thiazole rings is 1. The molecule has 0 spiro atoms. The van der Waals surface area contributed by atoms with Crippen LogP contribution in [0.3, 0.4) is 0 Å². The van der Waals surface area contributed by atoms with Crippen molar-refractivity contribution in [3.8, 4) is 0 Å². The lowest BCUT2D eigenvalue weighted by atomic mass is 9.97. The summed E-state index contributed by atoms with van der Waals surface area (Å²) in [6.07, 6.45) is -2.14. The summed E-state index contributed by atoms with van der Waals surface area (Å²) in [6, 6.07) is 1.19. The number of nitro benzene ring substituents is 1. The molecule has 7 nitrogen and oxygen atoms in total. The number of hydrogen-bond donors (Lipinski definition) is 1. The van der Waals surface area contributed by atoms with Crippen LogP contribution in [-0.4, -0.2) is 35.6 Å². The van der Waals surface area contributed by atoms with E-state index in [0.29, 0.717) is 43.1 Å². The van der Waals surface area contributed by atoms with Crippen LogP contribution in [0.2, 0.25) is 0 Å². The molecule has 1 aliphatic rings. The van der Waals surface area contributed by atoms with E-state index in [4.69, 9.17) is 4.74 Å². The summed E-state index contributed by atoms with van der Waals surface area (Å²) in [4.78, 5) is 26.3. The van der Waals surface area contributed by atoms with Gasteiger partial charge in [-0.3, -0.25) is 14.9 Å². The van der Waals surface area contributed by atoms with Crippen LogP contribution in [0.4, 0.5) is 18.9 Å². The zero-order chi connectivity index (χ0) is 19.6. The molecule has 27 heavy (non-hydrogen) atoms. The second kappa shape index (κ2) is 7.77. The van der Waals surface area contributed by atoms with Gasteiger partial charge in [0.15, 0.2) is 5.01 Å². The predicted molar refractivity (Wildman–Crippen MR) is 91.8 cm³/mol. The van der Waals surface area contributed by atoms with Gasteiger partial charge in [-0.15, -0.1) is 11.3 Å². The van der Waals surface area contributed by atoms with Crippen molar-refractivity contribution in [2.24, 2.45) is 5.92 Å². The number of halogens is 3. The van der Waals surface area contributed by atoms with Gasteiger partial charge in [-0.05, 0) is 31.2 Å². The molecule has 146 valence electrons. The first kappa shape index (κ1) is 19.5. The standard InChI is InChI=1S/C16H16F3N3O4S/c17-16(18,19)10-7-11-13(12(8-10)22(24)25)27-15(21-11)14(23)20-4-1-9-2-5-26-6-3-9/h7-9H,1-6H2,(H,20,23). The lowest BCUT2D eigenvalue weighted by Crippen LogP contribution is -2.27. The van der Waals surface area contributed by atoms with Gasteiger partial charge in [-0.1, -0.05) is 0 Å². The minimum absolute atomic E-state index is 0.0532. The Hall–Kier alpha value is -2.27. The van der Waals surface area contributed by atoms with E-state index in [0.717, 1.165) is 25.3 Å². The zero-order valence-electron chi connectivity index (χ0n) is 14.0. The molecule has 2 aromatic rings. The molecule has 3 rings (SSSR count). The highest BCUT2D eigenvalue weighted by Crippen LogP contribution is 2.38. The van der Waals surface area contributed by atoms with Crippen molar-refractivity contribution in [2.75, 3.05) is 19.8 Å². The van der Waals surface area contributed by atoms with Crippen LogP contribution in [0.1, 0.15) is 34.6 Å². The highest BCUT2D eigenvalue weighted by molar-refractivity contribution is 7.20. The quantitative estimate of drug-likeness (QED) is 0.606. The molecule has 0 aliphatic carbocycles. The number of aromatic nitrogens is 1. The summed E-state index contributed by atoms with van der Waals surface area (Å²) >= 11 is 0.714. The number of alkyl halides is 3. The number of benzene rings is 1. The third kappa shape index (κ3) is 4.53. The number of non-ortho nitro benzene ring substituents is 1. The molecule has 1 aliphatic heterocycles. The Morgan fingerprint density at radius 3 is 2.70 bits per heavy atom. The maximum absolute atomic E-state index is 12.9. The number of amides is 1. The first-order valence-corrected chi connectivity index (χ1v) is 9.09. The van der Waals surface area contributed by atoms with Crippen molar-refractivity contribution in [2.45, 2.75) is 25.4 Å². The highest BCUT2D eigenvalue weighted by Gasteiger charge is 2.34. The monoisotopic (exact) mass is 403 g/mol. The molecule has 1 amide bonds. The minimum Gasteiger partial charge on any atom is -0.381 e. The molecular formula is C16H16F3N3O4S. The Kier molecular flexibility index (Phi) is 5.61. The fraction of sp³-hybridized carbons (Fsp3) is 0.500. The second-order valence-electron chi connectivity index (χ2n) is 6.22. The van der Waals surface area contributed by atoms with E-state index >= 15 is 0 Å². The summed E-state index contributed by atoms with van der Waals surface area (Å²) in [5, 5.41) is 13.7. The summed E-state index contributed by atoms with van der Waals surface area (Å²) in [5.74, 6) is -0.101. The van der Waals surface area contributed by atoms with E-state index in [1.807, 2.05) is 0 Å². The normalized spacial score (nSPS) is 15.8. The molecule has 1 fully saturated rings. The number of nitro groups is 1. The van der Waals surface area contributed by atoms with Crippen LogP contribution < -0.4 is 5.32 Å². The fourth-order valence-electron chi connectivity index (χ4n) is 2.91. The number of ether oxygens (including phenoxy) is 1. The largest absolute Gasteiger partial charge is 0.416 e. The van der Waals surface area contributed by atoms with Gasteiger partial charge >= 0.3 is 6.18 Å². The first-order chi connectivity index (χ1) is 12.8. The Morgan fingerprint density at radius 1 is 1.37 bits per heavy atom. The maximum atomic E-state index is 12.9. The van der Waals surface area contributed by atoms with E-state index in [1.165, 1.54) is 0 Å². The van der Waals surface area contributed by atoms with Crippen LogP contribution in [0.15, 0.2) is 12.1 Å². The van der Waals surface area contributed by atoms with E-state index in [2.05, 4.69) is 10.3 Å². The second-order valence-corrected chi connectivity index (χ2v) is 7.22. The van der Waals surface area contributed by atoms with Crippen molar-refractivity contribution in [3.05, 3.63) is 32.8 Å². The lowest BCUT2D eigenvalue weighted by molar-refractivity contribution is -0.383. The summed E-state index contributed by atoms with van der Waals surface area (Å²) < 4.78 is 44.0. The Labute approximate surface area is 155 Å². The molecule has 1 saturated heterocycles. The number of fused-ring (bicyclic) bond motifs is 1. The topological polar surface area (TPSA) is 94.4 Å². The van der Waals surface area contributed by atoms with Gasteiger partial charge < -0.3 is 10.1 Å². The third-order valence-corrected chi connectivity index (χ3v) is 5.46. The Bertz CT molecular complexity index is 862. The van der Waals surface area contributed by atoms with Gasteiger partial charge in [0, 0.05) is 25.8 Å². The van der Waals surface area contributed by atoms with Crippen LogP contribution in [0, 0.1) is 16.0 Å². The van der Waals surface area contributed by atoms with Gasteiger partial charge in [-0.2, -0.15) is 13.2 Å². The van der Waals surface area contributed by atoms with Gasteiger partial charge in [0.05, 0.1) is 16.0 Å². The third-order valence-electron chi connectivity index (χ3n) is 4.37. The SMILES string of the molecule is O=C(NCCC1CCOCC1)c1nc2cc(C(F)(F)F)cc([N+](=O)[O-])c2s1. The number of carbonyl (C=O) groups is 1. The molecule has 2 heterocycles. The lowest BCUT2D eigenvalue weighted by Gasteiger charge is -2.21. The average Bonchev–Trinajstić information content (AvgIpc) is 3.05. The molecule has 11 heteroatoms.